The van der Waals surface area contributed by atoms with Crippen LogP contribution in [0.2, 0.25) is 0 Å². The van der Waals surface area contributed by atoms with Crippen LogP contribution < -0.4 is 0 Å². The van der Waals surface area contributed by atoms with E-state index in [9.17, 15) is 14.7 Å². The van der Waals surface area contributed by atoms with E-state index in [1.807, 2.05) is 35.7 Å². The number of carbonyl (C=O) groups is 2. The fourth-order valence-corrected chi connectivity index (χ4v) is 4.97. The van der Waals surface area contributed by atoms with E-state index in [0.717, 1.165) is 36.9 Å². The second-order valence-electron chi connectivity index (χ2n) is 6.82. The number of hydrogen-bond acceptors (Lipinski definition) is 4. The van der Waals surface area contributed by atoms with Crippen LogP contribution in [-0.2, 0) is 4.79 Å². The summed E-state index contributed by atoms with van der Waals surface area (Å²) in [4.78, 5) is 30.9. The highest BCUT2D eigenvalue weighted by molar-refractivity contribution is 7.12. The minimum atomic E-state index is -0.900. The highest BCUT2D eigenvalue weighted by Gasteiger charge is 2.48. The quantitative estimate of drug-likeness (QED) is 0.911. The summed E-state index contributed by atoms with van der Waals surface area (Å²) in [6.07, 6.45) is 4.68. The van der Waals surface area contributed by atoms with Crippen molar-refractivity contribution in [2.75, 3.05) is 0 Å². The maximum absolute atomic E-state index is 13.1. The number of aliphatic carboxylic acids is 1. The second-order valence-corrected chi connectivity index (χ2v) is 7.68. The minimum Gasteiger partial charge on any atom is -0.480 e. The molecule has 1 saturated carbocycles. The minimum absolute atomic E-state index is 0.0476. The second kappa shape index (κ2) is 6.59. The summed E-state index contributed by atoms with van der Waals surface area (Å²) in [5.41, 5.74) is 1.73. The Hall–Kier alpha value is -2.21. The third-order valence-corrected chi connectivity index (χ3v) is 6.19. The maximum atomic E-state index is 13.1. The zero-order valence-corrected chi connectivity index (χ0v) is 14.6. The number of benzene rings is 1. The first-order valence-electron chi connectivity index (χ1n) is 8.71. The van der Waals surface area contributed by atoms with Crippen LogP contribution in [0.1, 0.15) is 41.9 Å². The Bertz CT molecular complexity index is 789. The summed E-state index contributed by atoms with van der Waals surface area (Å²) in [5, 5.41) is 11.9. The molecule has 130 valence electrons. The van der Waals surface area contributed by atoms with Crippen LogP contribution in [0.4, 0.5) is 0 Å². The lowest BCUT2D eigenvalue weighted by Crippen LogP contribution is -2.46. The average molecular weight is 356 g/mol. The normalized spacial score (nSPS) is 25.6. The summed E-state index contributed by atoms with van der Waals surface area (Å²) < 4.78 is 0. The lowest BCUT2D eigenvalue weighted by atomic mass is 9.85. The van der Waals surface area contributed by atoms with Gasteiger partial charge in [0.1, 0.15) is 6.04 Å². The van der Waals surface area contributed by atoms with Gasteiger partial charge >= 0.3 is 5.97 Å². The molecule has 0 spiro atoms. The largest absolute Gasteiger partial charge is 0.480 e. The molecule has 4 rings (SSSR count). The Morgan fingerprint density at radius 1 is 1.16 bits per heavy atom. The van der Waals surface area contributed by atoms with Crippen LogP contribution in [0.25, 0.3) is 11.3 Å². The standard InChI is InChI=1S/C19H20N2O3S/c22-18(17-20-14(11-25-17)12-6-2-1-3-7-12)21-15-9-5-4-8-13(15)10-16(21)19(23)24/h1-3,6-7,11,13,15-16H,4-5,8-10H2,(H,23,24). The number of thiazole rings is 1. The van der Waals surface area contributed by atoms with Gasteiger partial charge in [-0.2, -0.15) is 0 Å². The lowest BCUT2D eigenvalue weighted by Gasteiger charge is -2.32. The molecule has 3 unspecified atom stereocenters. The van der Waals surface area contributed by atoms with Gasteiger partial charge in [-0.05, 0) is 25.2 Å². The Balaban J connectivity index is 1.63. The summed E-state index contributed by atoms with van der Waals surface area (Å²) in [6, 6.07) is 9.05. The van der Waals surface area contributed by atoms with Crippen LogP contribution in [0.15, 0.2) is 35.7 Å². The first kappa shape index (κ1) is 16.3. The molecule has 5 nitrogen and oxygen atoms in total. The molecular weight excluding hydrogens is 336 g/mol. The molecule has 1 aromatic heterocycles. The number of carbonyl (C=O) groups excluding carboxylic acids is 1. The first-order valence-corrected chi connectivity index (χ1v) is 9.59. The molecule has 1 amide bonds. The van der Waals surface area contributed by atoms with Gasteiger partial charge in [0.25, 0.3) is 5.91 Å². The highest BCUT2D eigenvalue weighted by atomic mass is 32.1. The van der Waals surface area contributed by atoms with Gasteiger partial charge in [0.05, 0.1) is 5.69 Å². The number of aromatic nitrogens is 1. The number of rotatable bonds is 3. The number of likely N-dealkylation sites (tertiary alicyclic amines) is 1. The summed E-state index contributed by atoms with van der Waals surface area (Å²) in [7, 11) is 0. The maximum Gasteiger partial charge on any atom is 0.326 e. The van der Waals surface area contributed by atoms with Gasteiger partial charge in [-0.15, -0.1) is 11.3 Å². The van der Waals surface area contributed by atoms with Gasteiger partial charge < -0.3 is 10.0 Å². The van der Waals surface area contributed by atoms with Crippen molar-refractivity contribution in [2.45, 2.75) is 44.2 Å². The van der Waals surface area contributed by atoms with Crippen molar-refractivity contribution in [3.05, 3.63) is 40.7 Å². The first-order chi connectivity index (χ1) is 12.1. The topological polar surface area (TPSA) is 70.5 Å². The lowest BCUT2D eigenvalue weighted by molar-refractivity contribution is -0.141. The zero-order chi connectivity index (χ0) is 17.4. The smallest absolute Gasteiger partial charge is 0.326 e. The van der Waals surface area contributed by atoms with Crippen molar-refractivity contribution in [1.29, 1.82) is 0 Å². The molecule has 0 radical (unpaired) electrons. The molecule has 6 heteroatoms. The summed E-state index contributed by atoms with van der Waals surface area (Å²) >= 11 is 1.30. The Kier molecular flexibility index (Phi) is 4.29. The highest BCUT2D eigenvalue weighted by Crippen LogP contribution is 2.41. The molecule has 1 aliphatic carbocycles. The summed E-state index contributed by atoms with van der Waals surface area (Å²) in [5.74, 6) is -0.816. The van der Waals surface area contributed by atoms with E-state index in [0.29, 0.717) is 17.3 Å². The predicted octanol–water partition coefficient (Wildman–Crippen LogP) is 3.67. The fraction of sp³-hybridized carbons (Fsp3) is 0.421. The van der Waals surface area contributed by atoms with E-state index in [1.54, 1.807) is 4.90 Å². The molecule has 0 bridgehead atoms. The van der Waals surface area contributed by atoms with Gasteiger partial charge in [0, 0.05) is 17.0 Å². The third-order valence-electron chi connectivity index (χ3n) is 5.36. The number of carboxylic acid groups (broad SMARTS) is 1. The van der Waals surface area contributed by atoms with Crippen LogP contribution in [-0.4, -0.2) is 39.0 Å². The van der Waals surface area contributed by atoms with Crippen molar-refractivity contribution in [3.63, 3.8) is 0 Å². The predicted molar refractivity (Wildman–Crippen MR) is 95.5 cm³/mol. The molecular formula is C19H20N2O3S. The van der Waals surface area contributed by atoms with Crippen molar-refractivity contribution in [1.82, 2.24) is 9.88 Å². The number of amides is 1. The SMILES string of the molecule is O=C(O)C1CC2CCCCC2N1C(=O)c1nc(-c2ccccc2)cs1. The fourth-order valence-electron chi connectivity index (χ4n) is 4.20. The molecule has 25 heavy (non-hydrogen) atoms. The van der Waals surface area contributed by atoms with Gasteiger partial charge in [-0.25, -0.2) is 9.78 Å². The molecule has 1 N–H and O–H groups in total. The van der Waals surface area contributed by atoms with E-state index in [2.05, 4.69) is 4.98 Å². The zero-order valence-electron chi connectivity index (χ0n) is 13.8. The number of hydrogen-bond donors (Lipinski definition) is 1. The van der Waals surface area contributed by atoms with Crippen LogP contribution in [0.5, 0.6) is 0 Å². The van der Waals surface area contributed by atoms with E-state index in [4.69, 9.17) is 0 Å². The monoisotopic (exact) mass is 356 g/mol. The van der Waals surface area contributed by atoms with Crippen LogP contribution >= 0.6 is 11.3 Å². The molecule has 1 aliphatic heterocycles. The van der Waals surface area contributed by atoms with E-state index in [1.165, 1.54) is 11.3 Å². The molecule has 2 aliphatic rings. The Morgan fingerprint density at radius 2 is 1.92 bits per heavy atom. The molecule has 2 aromatic rings. The summed E-state index contributed by atoms with van der Waals surface area (Å²) in [6.45, 7) is 0. The van der Waals surface area contributed by atoms with Crippen molar-refractivity contribution < 1.29 is 14.7 Å². The van der Waals surface area contributed by atoms with Gasteiger partial charge in [0.2, 0.25) is 0 Å². The molecule has 2 fully saturated rings. The molecule has 2 heterocycles. The Labute approximate surface area is 150 Å². The Morgan fingerprint density at radius 3 is 2.68 bits per heavy atom. The van der Waals surface area contributed by atoms with E-state index < -0.39 is 12.0 Å². The van der Waals surface area contributed by atoms with E-state index in [-0.39, 0.29) is 11.9 Å². The molecule has 1 saturated heterocycles. The van der Waals surface area contributed by atoms with Crippen molar-refractivity contribution >= 4 is 23.2 Å². The van der Waals surface area contributed by atoms with E-state index >= 15 is 0 Å². The molecule has 1 aromatic carbocycles. The van der Waals surface area contributed by atoms with Crippen molar-refractivity contribution in [3.8, 4) is 11.3 Å². The number of fused-ring (bicyclic) bond motifs is 1. The average Bonchev–Trinajstić information content (AvgIpc) is 3.27. The third kappa shape index (κ3) is 2.95. The van der Waals surface area contributed by atoms with Crippen LogP contribution in [0, 0.1) is 5.92 Å². The van der Waals surface area contributed by atoms with Crippen LogP contribution in [0.3, 0.4) is 0 Å². The van der Waals surface area contributed by atoms with Gasteiger partial charge in [0.15, 0.2) is 5.01 Å². The van der Waals surface area contributed by atoms with Crippen molar-refractivity contribution in [2.24, 2.45) is 5.92 Å². The van der Waals surface area contributed by atoms with Gasteiger partial charge in [-0.1, -0.05) is 43.2 Å². The molecule has 3 atom stereocenters. The number of carboxylic acids is 1. The van der Waals surface area contributed by atoms with Gasteiger partial charge in [-0.3, -0.25) is 4.79 Å². The number of nitrogens with zero attached hydrogens (tertiary/aromatic N) is 2.